The minimum Gasteiger partial charge on any atom is -0.352 e. The Morgan fingerprint density at radius 1 is 1.12 bits per heavy atom. The molecule has 0 aliphatic rings. The maximum absolute atomic E-state index is 11.8. The molecule has 0 bridgehead atoms. The van der Waals surface area contributed by atoms with Gasteiger partial charge in [-0.15, -0.1) is 0 Å². The first-order chi connectivity index (χ1) is 8.13. The molecule has 1 rings (SSSR count). The lowest BCUT2D eigenvalue weighted by Gasteiger charge is -2.06. The Bertz CT molecular complexity index is 359. The van der Waals surface area contributed by atoms with Gasteiger partial charge in [-0.2, -0.15) is 0 Å². The normalized spacial score (nSPS) is 10.3. The highest BCUT2D eigenvalue weighted by atomic mass is 79.9. The van der Waals surface area contributed by atoms with E-state index in [-0.39, 0.29) is 5.91 Å². The lowest BCUT2D eigenvalue weighted by atomic mass is 10.2. The van der Waals surface area contributed by atoms with E-state index in [1.807, 2.05) is 18.2 Å². The SMILES string of the molecule is CCCCCCNC(=O)c1cc(Br)cc(Br)c1. The third kappa shape index (κ3) is 5.68. The smallest absolute Gasteiger partial charge is 0.251 e. The van der Waals surface area contributed by atoms with Gasteiger partial charge in [-0.1, -0.05) is 58.0 Å². The Morgan fingerprint density at radius 3 is 2.35 bits per heavy atom. The summed E-state index contributed by atoms with van der Waals surface area (Å²) in [6.07, 6.45) is 4.68. The maximum atomic E-state index is 11.8. The summed E-state index contributed by atoms with van der Waals surface area (Å²) in [5.74, 6) is -0.0106. The lowest BCUT2D eigenvalue weighted by Crippen LogP contribution is -2.24. The summed E-state index contributed by atoms with van der Waals surface area (Å²) < 4.78 is 1.81. The summed E-state index contributed by atoms with van der Waals surface area (Å²) in [6.45, 7) is 2.93. The highest BCUT2D eigenvalue weighted by Crippen LogP contribution is 2.19. The van der Waals surface area contributed by atoms with Crippen molar-refractivity contribution in [2.45, 2.75) is 32.6 Å². The monoisotopic (exact) mass is 361 g/mol. The van der Waals surface area contributed by atoms with Crippen molar-refractivity contribution in [2.24, 2.45) is 0 Å². The van der Waals surface area contributed by atoms with Crippen molar-refractivity contribution in [1.29, 1.82) is 0 Å². The Morgan fingerprint density at radius 2 is 1.76 bits per heavy atom. The van der Waals surface area contributed by atoms with E-state index >= 15 is 0 Å². The molecule has 1 N–H and O–H groups in total. The molecule has 1 amide bonds. The summed E-state index contributed by atoms with van der Waals surface area (Å²) in [7, 11) is 0. The van der Waals surface area contributed by atoms with Crippen LogP contribution in [0.5, 0.6) is 0 Å². The fourth-order valence-corrected chi connectivity index (χ4v) is 2.83. The number of amides is 1. The van der Waals surface area contributed by atoms with Crippen molar-refractivity contribution in [2.75, 3.05) is 6.54 Å². The zero-order chi connectivity index (χ0) is 12.7. The molecule has 0 heterocycles. The predicted octanol–water partition coefficient (Wildman–Crippen LogP) is 4.52. The number of benzene rings is 1. The highest BCUT2D eigenvalue weighted by Gasteiger charge is 2.06. The van der Waals surface area contributed by atoms with Gasteiger partial charge in [0.05, 0.1) is 0 Å². The minimum atomic E-state index is -0.0106. The van der Waals surface area contributed by atoms with E-state index in [0.717, 1.165) is 21.9 Å². The second kappa shape index (κ2) is 7.88. The number of carbonyl (C=O) groups is 1. The molecule has 0 unspecified atom stereocenters. The molecule has 0 fully saturated rings. The maximum Gasteiger partial charge on any atom is 0.251 e. The third-order valence-corrected chi connectivity index (χ3v) is 3.36. The molecule has 17 heavy (non-hydrogen) atoms. The molecule has 0 aliphatic heterocycles. The highest BCUT2D eigenvalue weighted by molar-refractivity contribution is 9.11. The molecular formula is C13H17Br2NO. The topological polar surface area (TPSA) is 29.1 Å². The van der Waals surface area contributed by atoms with E-state index in [4.69, 9.17) is 0 Å². The van der Waals surface area contributed by atoms with Crippen LogP contribution in [-0.2, 0) is 0 Å². The zero-order valence-electron chi connectivity index (χ0n) is 9.93. The molecule has 0 radical (unpaired) electrons. The zero-order valence-corrected chi connectivity index (χ0v) is 13.1. The summed E-state index contributed by atoms with van der Waals surface area (Å²) in [4.78, 5) is 11.8. The molecule has 0 spiro atoms. The van der Waals surface area contributed by atoms with Crippen LogP contribution in [0.3, 0.4) is 0 Å². The van der Waals surface area contributed by atoms with Gasteiger partial charge in [-0.25, -0.2) is 0 Å². The minimum absolute atomic E-state index is 0.0106. The van der Waals surface area contributed by atoms with E-state index in [9.17, 15) is 4.79 Å². The van der Waals surface area contributed by atoms with Gasteiger partial charge in [0.1, 0.15) is 0 Å². The molecule has 0 atom stereocenters. The fourth-order valence-electron chi connectivity index (χ4n) is 1.54. The van der Waals surface area contributed by atoms with E-state index in [2.05, 4.69) is 44.1 Å². The quantitative estimate of drug-likeness (QED) is 0.740. The summed E-state index contributed by atoms with van der Waals surface area (Å²) in [6, 6.07) is 5.57. The number of hydrogen-bond donors (Lipinski definition) is 1. The largest absolute Gasteiger partial charge is 0.352 e. The van der Waals surface area contributed by atoms with Crippen LogP contribution in [0.2, 0.25) is 0 Å². The Balaban J connectivity index is 2.41. The van der Waals surface area contributed by atoms with Gasteiger partial charge in [-0.05, 0) is 24.6 Å². The molecule has 94 valence electrons. The predicted molar refractivity (Wildman–Crippen MR) is 78.3 cm³/mol. The number of rotatable bonds is 6. The number of nitrogens with one attached hydrogen (secondary N) is 1. The first-order valence-electron chi connectivity index (χ1n) is 5.87. The van der Waals surface area contributed by atoms with Gasteiger partial charge in [0, 0.05) is 21.1 Å². The summed E-state index contributed by atoms with van der Waals surface area (Å²) >= 11 is 6.75. The lowest BCUT2D eigenvalue weighted by molar-refractivity contribution is 0.0953. The van der Waals surface area contributed by atoms with Gasteiger partial charge in [0.15, 0.2) is 0 Å². The van der Waals surface area contributed by atoms with Crippen LogP contribution in [-0.4, -0.2) is 12.5 Å². The fraction of sp³-hybridized carbons (Fsp3) is 0.462. The van der Waals surface area contributed by atoms with Gasteiger partial charge < -0.3 is 5.32 Å². The molecule has 0 aromatic heterocycles. The van der Waals surface area contributed by atoms with Crippen molar-refractivity contribution in [3.05, 3.63) is 32.7 Å². The van der Waals surface area contributed by atoms with Crippen LogP contribution in [0.4, 0.5) is 0 Å². The third-order valence-electron chi connectivity index (χ3n) is 2.44. The number of carbonyl (C=O) groups excluding carboxylic acids is 1. The van der Waals surface area contributed by atoms with Crippen molar-refractivity contribution >= 4 is 37.8 Å². The average molecular weight is 363 g/mol. The molecule has 4 heteroatoms. The number of hydrogen-bond acceptors (Lipinski definition) is 1. The molecule has 2 nitrogen and oxygen atoms in total. The summed E-state index contributed by atoms with van der Waals surface area (Å²) in [5.41, 5.74) is 0.682. The molecule has 0 saturated carbocycles. The Labute approximate surface area is 119 Å². The van der Waals surface area contributed by atoms with Crippen molar-refractivity contribution in [3.8, 4) is 0 Å². The van der Waals surface area contributed by atoms with Crippen molar-refractivity contribution in [1.82, 2.24) is 5.32 Å². The molecule has 0 saturated heterocycles. The molecule has 1 aromatic rings. The van der Waals surface area contributed by atoms with Crippen LogP contribution >= 0.6 is 31.9 Å². The Hall–Kier alpha value is -0.350. The summed E-state index contributed by atoms with van der Waals surface area (Å²) in [5, 5.41) is 2.93. The standard InChI is InChI=1S/C13H17Br2NO/c1-2-3-4-5-6-16-13(17)10-7-11(14)9-12(15)8-10/h7-9H,2-6H2,1H3,(H,16,17). The van der Waals surface area contributed by atoms with E-state index in [1.54, 1.807) is 0 Å². The molecule has 0 aliphatic carbocycles. The second-order valence-corrected chi connectivity index (χ2v) is 5.81. The first kappa shape index (κ1) is 14.7. The van der Waals surface area contributed by atoms with Crippen molar-refractivity contribution in [3.63, 3.8) is 0 Å². The van der Waals surface area contributed by atoms with Crippen molar-refractivity contribution < 1.29 is 4.79 Å². The Kier molecular flexibility index (Phi) is 6.82. The van der Waals surface area contributed by atoms with Gasteiger partial charge in [-0.3, -0.25) is 4.79 Å². The van der Waals surface area contributed by atoms with Crippen LogP contribution in [0.25, 0.3) is 0 Å². The second-order valence-electron chi connectivity index (χ2n) is 3.97. The van der Waals surface area contributed by atoms with E-state index < -0.39 is 0 Å². The number of unbranched alkanes of at least 4 members (excludes halogenated alkanes) is 3. The van der Waals surface area contributed by atoms with Gasteiger partial charge in [0.2, 0.25) is 0 Å². The van der Waals surface area contributed by atoms with Crippen LogP contribution in [0, 0.1) is 0 Å². The average Bonchev–Trinajstić information content (AvgIpc) is 2.27. The van der Waals surface area contributed by atoms with Crippen LogP contribution in [0.15, 0.2) is 27.1 Å². The first-order valence-corrected chi connectivity index (χ1v) is 7.46. The molecule has 1 aromatic carbocycles. The van der Waals surface area contributed by atoms with Gasteiger partial charge >= 0.3 is 0 Å². The van der Waals surface area contributed by atoms with E-state index in [0.29, 0.717) is 5.56 Å². The number of halogens is 2. The van der Waals surface area contributed by atoms with Crippen LogP contribution < -0.4 is 5.32 Å². The molecular weight excluding hydrogens is 346 g/mol. The van der Waals surface area contributed by atoms with Crippen LogP contribution in [0.1, 0.15) is 43.0 Å². The van der Waals surface area contributed by atoms with E-state index in [1.165, 1.54) is 19.3 Å². The van der Waals surface area contributed by atoms with Gasteiger partial charge in [0.25, 0.3) is 5.91 Å².